The molecular formula is C20H22FN5O2. The van der Waals surface area contributed by atoms with Gasteiger partial charge in [-0.25, -0.2) is 9.07 Å². The summed E-state index contributed by atoms with van der Waals surface area (Å²) in [6.45, 7) is 4.55. The first-order chi connectivity index (χ1) is 13.4. The second kappa shape index (κ2) is 8.60. The minimum Gasteiger partial charge on any atom is -0.486 e. The molecule has 0 aliphatic carbocycles. The summed E-state index contributed by atoms with van der Waals surface area (Å²) in [6.07, 6.45) is 0. The quantitative estimate of drug-likeness (QED) is 0.626. The molecule has 0 unspecified atom stereocenters. The lowest BCUT2D eigenvalue weighted by atomic mass is 10.1. The van der Waals surface area contributed by atoms with E-state index in [1.165, 1.54) is 12.1 Å². The molecule has 146 valence electrons. The highest BCUT2D eigenvalue weighted by Crippen LogP contribution is 2.17. The van der Waals surface area contributed by atoms with Gasteiger partial charge in [-0.15, -0.1) is 5.10 Å². The first-order valence-corrected chi connectivity index (χ1v) is 8.93. The zero-order chi connectivity index (χ0) is 20.1. The molecule has 2 aromatic carbocycles. The van der Waals surface area contributed by atoms with Crippen LogP contribution >= 0.6 is 0 Å². The van der Waals surface area contributed by atoms with Gasteiger partial charge in [0.05, 0.1) is 6.04 Å². The summed E-state index contributed by atoms with van der Waals surface area (Å²) in [6, 6.07) is 13.2. The third-order valence-electron chi connectivity index (χ3n) is 4.18. The standard InChI is InChI=1S/C20H22FN5O2/c1-14(2)26-19(22-23-24-26)13-28-18-6-4-5-16(11-18)20(27)25(3)12-15-7-9-17(21)10-8-15/h4-11,14H,12-13H2,1-3H3. The number of ether oxygens (including phenoxy) is 1. The number of hydrogen-bond acceptors (Lipinski definition) is 5. The Balaban J connectivity index is 1.65. The smallest absolute Gasteiger partial charge is 0.254 e. The zero-order valence-electron chi connectivity index (χ0n) is 16.0. The summed E-state index contributed by atoms with van der Waals surface area (Å²) in [4.78, 5) is 14.3. The molecule has 0 radical (unpaired) electrons. The van der Waals surface area contributed by atoms with Crippen molar-refractivity contribution in [3.05, 3.63) is 71.3 Å². The molecule has 0 atom stereocenters. The van der Waals surface area contributed by atoms with Crippen molar-refractivity contribution in [1.82, 2.24) is 25.1 Å². The first kappa shape index (κ1) is 19.5. The summed E-state index contributed by atoms with van der Waals surface area (Å²) in [5, 5.41) is 11.6. The highest BCUT2D eigenvalue weighted by molar-refractivity contribution is 5.94. The van der Waals surface area contributed by atoms with Gasteiger partial charge in [-0.2, -0.15) is 0 Å². The number of rotatable bonds is 7. The van der Waals surface area contributed by atoms with Crippen molar-refractivity contribution < 1.29 is 13.9 Å². The molecule has 28 heavy (non-hydrogen) atoms. The lowest BCUT2D eigenvalue weighted by Gasteiger charge is -2.18. The number of carbonyl (C=O) groups excluding carboxylic acids is 1. The Morgan fingerprint density at radius 3 is 2.68 bits per heavy atom. The highest BCUT2D eigenvalue weighted by Gasteiger charge is 2.14. The minimum absolute atomic E-state index is 0.127. The third kappa shape index (κ3) is 4.70. The van der Waals surface area contributed by atoms with Crippen LogP contribution in [-0.4, -0.2) is 38.1 Å². The molecular weight excluding hydrogens is 361 g/mol. The Hall–Kier alpha value is -3.29. The molecule has 0 saturated heterocycles. The van der Waals surface area contributed by atoms with E-state index in [0.29, 0.717) is 23.7 Å². The minimum atomic E-state index is -0.300. The van der Waals surface area contributed by atoms with Crippen LogP contribution < -0.4 is 4.74 Å². The van der Waals surface area contributed by atoms with Gasteiger partial charge in [-0.05, 0) is 60.2 Å². The van der Waals surface area contributed by atoms with Crippen LogP contribution in [0.15, 0.2) is 48.5 Å². The Labute approximate surface area is 162 Å². The number of carbonyl (C=O) groups is 1. The fraction of sp³-hybridized carbons (Fsp3) is 0.300. The Morgan fingerprint density at radius 2 is 1.96 bits per heavy atom. The van der Waals surface area contributed by atoms with Gasteiger partial charge in [-0.3, -0.25) is 4.79 Å². The third-order valence-corrected chi connectivity index (χ3v) is 4.18. The molecule has 1 heterocycles. The molecule has 0 saturated carbocycles. The maximum absolute atomic E-state index is 13.0. The van der Waals surface area contributed by atoms with Gasteiger partial charge >= 0.3 is 0 Å². The van der Waals surface area contributed by atoms with Gasteiger partial charge in [0.2, 0.25) is 0 Å². The number of benzene rings is 2. The average Bonchev–Trinajstić information content (AvgIpc) is 3.17. The fourth-order valence-corrected chi connectivity index (χ4v) is 2.73. The fourth-order valence-electron chi connectivity index (χ4n) is 2.73. The van der Waals surface area contributed by atoms with Crippen LogP contribution in [0.25, 0.3) is 0 Å². The number of aromatic nitrogens is 4. The molecule has 0 aliphatic rings. The Bertz CT molecular complexity index is 940. The van der Waals surface area contributed by atoms with Crippen molar-refractivity contribution in [1.29, 1.82) is 0 Å². The normalized spacial score (nSPS) is 10.9. The van der Waals surface area contributed by atoms with Crippen LogP contribution in [0.2, 0.25) is 0 Å². The monoisotopic (exact) mass is 383 g/mol. The van der Waals surface area contributed by atoms with Crippen LogP contribution in [0, 0.1) is 5.82 Å². The number of hydrogen-bond donors (Lipinski definition) is 0. The van der Waals surface area contributed by atoms with E-state index in [0.717, 1.165) is 5.56 Å². The van der Waals surface area contributed by atoms with E-state index in [-0.39, 0.29) is 24.4 Å². The summed E-state index contributed by atoms with van der Waals surface area (Å²) in [5.74, 6) is 0.715. The van der Waals surface area contributed by atoms with Crippen LogP contribution in [0.1, 0.15) is 41.6 Å². The van der Waals surface area contributed by atoms with Crippen molar-refractivity contribution in [3.63, 3.8) is 0 Å². The molecule has 1 amide bonds. The number of nitrogens with zero attached hydrogens (tertiary/aromatic N) is 5. The predicted molar refractivity (Wildman–Crippen MR) is 101 cm³/mol. The van der Waals surface area contributed by atoms with Crippen LogP contribution in [0.3, 0.4) is 0 Å². The van der Waals surface area contributed by atoms with Gasteiger partial charge in [0.1, 0.15) is 18.2 Å². The van der Waals surface area contributed by atoms with Crippen LogP contribution in [-0.2, 0) is 13.2 Å². The molecule has 0 bridgehead atoms. The van der Waals surface area contributed by atoms with E-state index in [2.05, 4.69) is 15.5 Å². The number of tetrazole rings is 1. The molecule has 0 fully saturated rings. The van der Waals surface area contributed by atoms with Gasteiger partial charge in [0, 0.05) is 19.2 Å². The first-order valence-electron chi connectivity index (χ1n) is 8.93. The van der Waals surface area contributed by atoms with Gasteiger partial charge in [-0.1, -0.05) is 18.2 Å². The molecule has 3 rings (SSSR count). The van der Waals surface area contributed by atoms with Crippen LogP contribution in [0.4, 0.5) is 4.39 Å². The Kier molecular flexibility index (Phi) is 5.98. The Morgan fingerprint density at radius 1 is 1.21 bits per heavy atom. The lowest BCUT2D eigenvalue weighted by Crippen LogP contribution is -2.26. The molecule has 3 aromatic rings. The second-order valence-corrected chi connectivity index (χ2v) is 6.74. The second-order valence-electron chi connectivity index (χ2n) is 6.74. The van der Waals surface area contributed by atoms with Crippen molar-refractivity contribution in [3.8, 4) is 5.75 Å². The van der Waals surface area contributed by atoms with Gasteiger partial charge in [0.15, 0.2) is 5.82 Å². The van der Waals surface area contributed by atoms with E-state index >= 15 is 0 Å². The van der Waals surface area contributed by atoms with Crippen molar-refractivity contribution in [2.75, 3.05) is 7.05 Å². The van der Waals surface area contributed by atoms with Crippen LogP contribution in [0.5, 0.6) is 5.75 Å². The number of amides is 1. The van der Waals surface area contributed by atoms with Crippen molar-refractivity contribution in [2.24, 2.45) is 0 Å². The van der Waals surface area contributed by atoms with Gasteiger partial charge < -0.3 is 9.64 Å². The molecule has 1 aromatic heterocycles. The summed E-state index contributed by atoms with van der Waals surface area (Å²) in [5.41, 5.74) is 1.36. The largest absolute Gasteiger partial charge is 0.486 e. The lowest BCUT2D eigenvalue weighted by molar-refractivity contribution is 0.0784. The molecule has 0 aliphatic heterocycles. The highest BCUT2D eigenvalue weighted by atomic mass is 19.1. The molecule has 0 spiro atoms. The van der Waals surface area contributed by atoms with E-state index < -0.39 is 0 Å². The topological polar surface area (TPSA) is 73.1 Å². The van der Waals surface area contributed by atoms with E-state index in [1.54, 1.807) is 53.0 Å². The van der Waals surface area contributed by atoms with E-state index in [1.807, 2.05) is 13.8 Å². The van der Waals surface area contributed by atoms with E-state index in [4.69, 9.17) is 4.74 Å². The maximum atomic E-state index is 13.0. The summed E-state index contributed by atoms with van der Waals surface area (Å²) in [7, 11) is 1.70. The van der Waals surface area contributed by atoms with Crippen molar-refractivity contribution >= 4 is 5.91 Å². The summed E-state index contributed by atoms with van der Waals surface area (Å²) >= 11 is 0. The SMILES string of the molecule is CC(C)n1nnnc1COc1cccc(C(=O)N(C)Cc2ccc(F)cc2)c1. The predicted octanol–water partition coefficient (Wildman–Crippen LogP) is 3.24. The number of halogens is 1. The maximum Gasteiger partial charge on any atom is 0.254 e. The molecule has 7 nitrogen and oxygen atoms in total. The summed E-state index contributed by atoms with van der Waals surface area (Å²) < 4.78 is 20.5. The average molecular weight is 383 g/mol. The molecule has 8 heteroatoms. The van der Waals surface area contributed by atoms with Gasteiger partial charge in [0.25, 0.3) is 5.91 Å². The zero-order valence-corrected chi connectivity index (χ0v) is 16.0. The van der Waals surface area contributed by atoms with E-state index in [9.17, 15) is 9.18 Å². The molecule has 0 N–H and O–H groups in total. The van der Waals surface area contributed by atoms with Crippen molar-refractivity contribution in [2.45, 2.75) is 33.0 Å².